The van der Waals surface area contributed by atoms with Crippen LogP contribution in [0.3, 0.4) is 0 Å². The number of likely N-dealkylation sites (N-methyl/N-ethyl adjacent to an activating group) is 2. The summed E-state index contributed by atoms with van der Waals surface area (Å²) in [5.74, 6) is -0.00715. The largest absolute Gasteiger partial charge is 0.362 e. The van der Waals surface area contributed by atoms with Crippen molar-refractivity contribution in [3.63, 3.8) is 0 Å². The minimum atomic E-state index is -0.00715. The number of amides is 1. The summed E-state index contributed by atoms with van der Waals surface area (Å²) in [6, 6.07) is 5.88. The first-order valence-electron chi connectivity index (χ1n) is 6.00. The van der Waals surface area contributed by atoms with Gasteiger partial charge >= 0.3 is 0 Å². The number of rotatable bonds is 6. The number of hydrogen-bond acceptors (Lipinski definition) is 3. The standard InChI is InChI=1S/C13H20ClN3O/c1-4-17(9-13(18)16-3)11-6-5-10(8-15-2)12(14)7-11/h5-7,15H,4,8-9H2,1-3H3,(H,16,18). The molecule has 4 nitrogen and oxygen atoms in total. The summed E-state index contributed by atoms with van der Waals surface area (Å²) in [4.78, 5) is 13.4. The molecule has 18 heavy (non-hydrogen) atoms. The average molecular weight is 270 g/mol. The van der Waals surface area contributed by atoms with Crippen molar-refractivity contribution in [1.82, 2.24) is 10.6 Å². The number of hydrogen-bond donors (Lipinski definition) is 2. The molecule has 0 fully saturated rings. The zero-order chi connectivity index (χ0) is 13.5. The second-order valence-corrected chi connectivity index (χ2v) is 4.40. The molecule has 1 aromatic carbocycles. The van der Waals surface area contributed by atoms with Gasteiger partial charge in [-0.3, -0.25) is 4.79 Å². The van der Waals surface area contributed by atoms with Crippen molar-refractivity contribution in [1.29, 1.82) is 0 Å². The summed E-state index contributed by atoms with van der Waals surface area (Å²) in [7, 11) is 3.52. The molecular formula is C13H20ClN3O. The molecule has 2 N–H and O–H groups in total. The molecule has 0 aliphatic rings. The predicted molar refractivity (Wildman–Crippen MR) is 76.2 cm³/mol. The molecule has 0 aromatic heterocycles. The van der Waals surface area contributed by atoms with E-state index in [2.05, 4.69) is 10.6 Å². The molecule has 0 spiro atoms. The second-order valence-electron chi connectivity index (χ2n) is 3.99. The lowest BCUT2D eigenvalue weighted by atomic mass is 10.2. The van der Waals surface area contributed by atoms with Crippen LogP contribution in [0, 0.1) is 0 Å². The third kappa shape index (κ3) is 3.89. The van der Waals surface area contributed by atoms with Gasteiger partial charge in [0, 0.05) is 30.8 Å². The molecule has 1 rings (SSSR count). The van der Waals surface area contributed by atoms with Crippen molar-refractivity contribution in [2.75, 3.05) is 32.1 Å². The molecule has 0 bridgehead atoms. The summed E-state index contributed by atoms with van der Waals surface area (Å²) in [5.41, 5.74) is 2.02. The Hall–Kier alpha value is -1.26. The van der Waals surface area contributed by atoms with E-state index in [0.29, 0.717) is 6.54 Å². The van der Waals surface area contributed by atoms with E-state index in [4.69, 9.17) is 11.6 Å². The van der Waals surface area contributed by atoms with Crippen LogP contribution in [-0.2, 0) is 11.3 Å². The lowest BCUT2D eigenvalue weighted by Crippen LogP contribution is -2.35. The maximum atomic E-state index is 11.4. The Morgan fingerprint density at radius 1 is 1.39 bits per heavy atom. The van der Waals surface area contributed by atoms with Crippen LogP contribution in [0.2, 0.25) is 5.02 Å². The number of carbonyl (C=O) groups excluding carboxylic acids is 1. The van der Waals surface area contributed by atoms with Gasteiger partial charge in [-0.2, -0.15) is 0 Å². The van der Waals surface area contributed by atoms with Gasteiger partial charge in [0.2, 0.25) is 5.91 Å². The minimum Gasteiger partial charge on any atom is -0.362 e. The maximum Gasteiger partial charge on any atom is 0.239 e. The summed E-state index contributed by atoms with van der Waals surface area (Å²) in [6.45, 7) is 3.85. The predicted octanol–water partition coefficient (Wildman–Crippen LogP) is 1.63. The number of halogens is 1. The lowest BCUT2D eigenvalue weighted by molar-refractivity contribution is -0.119. The summed E-state index contributed by atoms with van der Waals surface area (Å²) in [6.07, 6.45) is 0. The van der Waals surface area contributed by atoms with E-state index in [1.807, 2.05) is 37.1 Å². The zero-order valence-electron chi connectivity index (χ0n) is 11.1. The van der Waals surface area contributed by atoms with Crippen molar-refractivity contribution in [3.05, 3.63) is 28.8 Å². The molecule has 1 aromatic rings. The molecule has 0 aliphatic carbocycles. The lowest BCUT2D eigenvalue weighted by Gasteiger charge is -2.22. The highest BCUT2D eigenvalue weighted by Gasteiger charge is 2.10. The number of carbonyl (C=O) groups is 1. The van der Waals surface area contributed by atoms with E-state index in [1.54, 1.807) is 7.05 Å². The summed E-state index contributed by atoms with van der Waals surface area (Å²) < 4.78 is 0. The summed E-state index contributed by atoms with van der Waals surface area (Å²) in [5, 5.41) is 6.41. The van der Waals surface area contributed by atoms with Crippen molar-refractivity contribution >= 4 is 23.2 Å². The van der Waals surface area contributed by atoms with Crippen molar-refractivity contribution < 1.29 is 4.79 Å². The Kier molecular flexibility index (Phi) is 5.95. The summed E-state index contributed by atoms with van der Waals surface area (Å²) >= 11 is 6.21. The molecule has 0 radical (unpaired) electrons. The minimum absolute atomic E-state index is 0.00715. The zero-order valence-corrected chi connectivity index (χ0v) is 11.8. The molecule has 0 heterocycles. The van der Waals surface area contributed by atoms with Gasteiger partial charge in [0.15, 0.2) is 0 Å². The maximum absolute atomic E-state index is 11.4. The molecular weight excluding hydrogens is 250 g/mol. The highest BCUT2D eigenvalue weighted by atomic mass is 35.5. The van der Waals surface area contributed by atoms with Crippen molar-refractivity contribution in [3.8, 4) is 0 Å². The molecule has 5 heteroatoms. The smallest absolute Gasteiger partial charge is 0.239 e. The van der Waals surface area contributed by atoms with Gasteiger partial charge in [-0.1, -0.05) is 17.7 Å². The third-order valence-corrected chi connectivity index (χ3v) is 3.12. The first kappa shape index (κ1) is 14.8. The fourth-order valence-corrected chi connectivity index (χ4v) is 1.95. The first-order chi connectivity index (χ1) is 8.62. The van der Waals surface area contributed by atoms with Crippen LogP contribution in [0.1, 0.15) is 12.5 Å². The first-order valence-corrected chi connectivity index (χ1v) is 6.38. The van der Waals surface area contributed by atoms with E-state index < -0.39 is 0 Å². The van der Waals surface area contributed by atoms with E-state index >= 15 is 0 Å². The number of anilines is 1. The molecule has 0 aliphatic heterocycles. The molecule has 0 unspecified atom stereocenters. The van der Waals surface area contributed by atoms with Gasteiger partial charge in [0.25, 0.3) is 0 Å². The van der Waals surface area contributed by atoms with Gasteiger partial charge in [-0.25, -0.2) is 0 Å². The fourth-order valence-electron chi connectivity index (χ4n) is 1.70. The Bertz CT molecular complexity index is 409. The highest BCUT2D eigenvalue weighted by molar-refractivity contribution is 6.31. The highest BCUT2D eigenvalue weighted by Crippen LogP contribution is 2.23. The van der Waals surface area contributed by atoms with Crippen LogP contribution in [-0.4, -0.2) is 33.1 Å². The Balaban J connectivity index is 2.86. The van der Waals surface area contributed by atoms with Crippen molar-refractivity contribution in [2.24, 2.45) is 0 Å². The van der Waals surface area contributed by atoms with Gasteiger partial charge in [0.1, 0.15) is 0 Å². The molecule has 0 saturated heterocycles. The van der Waals surface area contributed by atoms with Crippen molar-refractivity contribution in [2.45, 2.75) is 13.5 Å². The van der Waals surface area contributed by atoms with Gasteiger partial charge in [-0.15, -0.1) is 0 Å². The van der Waals surface area contributed by atoms with Crippen LogP contribution < -0.4 is 15.5 Å². The van der Waals surface area contributed by atoms with Crippen LogP contribution in [0.5, 0.6) is 0 Å². The molecule has 100 valence electrons. The molecule has 0 saturated carbocycles. The molecule has 0 atom stereocenters. The topological polar surface area (TPSA) is 44.4 Å². The van der Waals surface area contributed by atoms with Gasteiger partial charge in [-0.05, 0) is 31.7 Å². The van der Waals surface area contributed by atoms with E-state index in [-0.39, 0.29) is 5.91 Å². The Morgan fingerprint density at radius 2 is 2.11 bits per heavy atom. The van der Waals surface area contributed by atoms with Crippen LogP contribution in [0.25, 0.3) is 0 Å². The van der Waals surface area contributed by atoms with Crippen LogP contribution in [0.4, 0.5) is 5.69 Å². The monoisotopic (exact) mass is 269 g/mol. The van der Waals surface area contributed by atoms with E-state index in [0.717, 1.165) is 29.4 Å². The quantitative estimate of drug-likeness (QED) is 0.825. The SMILES string of the molecule is CCN(CC(=O)NC)c1ccc(CNC)c(Cl)c1. The van der Waals surface area contributed by atoms with Gasteiger partial charge < -0.3 is 15.5 Å². The third-order valence-electron chi connectivity index (χ3n) is 2.76. The Morgan fingerprint density at radius 3 is 2.61 bits per heavy atom. The number of benzene rings is 1. The number of nitrogens with zero attached hydrogens (tertiary/aromatic N) is 1. The second kappa shape index (κ2) is 7.24. The number of nitrogens with one attached hydrogen (secondary N) is 2. The van der Waals surface area contributed by atoms with E-state index in [9.17, 15) is 4.79 Å². The average Bonchev–Trinajstić information content (AvgIpc) is 2.38. The van der Waals surface area contributed by atoms with Gasteiger partial charge in [0.05, 0.1) is 6.54 Å². The van der Waals surface area contributed by atoms with E-state index in [1.165, 1.54) is 0 Å². The normalized spacial score (nSPS) is 10.2. The van der Waals surface area contributed by atoms with Crippen LogP contribution in [0.15, 0.2) is 18.2 Å². The Labute approximate surface area is 113 Å². The fraction of sp³-hybridized carbons (Fsp3) is 0.462. The molecule has 1 amide bonds. The van der Waals surface area contributed by atoms with Crippen LogP contribution >= 0.6 is 11.6 Å².